The van der Waals surface area contributed by atoms with Crippen LogP contribution in [0.3, 0.4) is 0 Å². The lowest BCUT2D eigenvalue weighted by Gasteiger charge is -2.35. The van der Waals surface area contributed by atoms with Crippen molar-refractivity contribution in [1.82, 2.24) is 5.32 Å². The number of nitrogens with zero attached hydrogens (tertiary/aromatic N) is 1. The van der Waals surface area contributed by atoms with Crippen LogP contribution in [0.4, 0.5) is 0 Å². The zero-order valence-electron chi connectivity index (χ0n) is 21.3. The van der Waals surface area contributed by atoms with E-state index in [-0.39, 0.29) is 6.17 Å². The van der Waals surface area contributed by atoms with Gasteiger partial charge in [0, 0.05) is 29.1 Å². The van der Waals surface area contributed by atoms with E-state index in [1.54, 1.807) is 11.1 Å². The van der Waals surface area contributed by atoms with Crippen molar-refractivity contribution in [3.63, 3.8) is 0 Å². The van der Waals surface area contributed by atoms with Gasteiger partial charge in [-0.05, 0) is 81.0 Å². The normalized spacial score (nSPS) is 28.5. The molecule has 2 aromatic carbocycles. The molecule has 0 saturated heterocycles. The summed E-state index contributed by atoms with van der Waals surface area (Å²) in [5.41, 5.74) is 5.89. The third-order valence-corrected chi connectivity index (χ3v) is 9.05. The van der Waals surface area contributed by atoms with Gasteiger partial charge in [0.2, 0.25) is 0 Å². The number of aliphatic imine (C=N–C) groups is 1. The summed E-state index contributed by atoms with van der Waals surface area (Å²) in [5, 5.41) is 4.99. The van der Waals surface area contributed by atoms with E-state index >= 15 is 0 Å². The maximum absolute atomic E-state index is 6.29. The molecule has 4 unspecified atom stereocenters. The van der Waals surface area contributed by atoms with Crippen molar-refractivity contribution in [3.05, 3.63) is 81.9 Å². The number of allylic oxidation sites excluding steroid dienone is 1. The fourth-order valence-corrected chi connectivity index (χ4v) is 6.99. The molecule has 0 spiro atoms. The van der Waals surface area contributed by atoms with Crippen LogP contribution >= 0.6 is 11.6 Å². The Labute approximate surface area is 217 Å². The highest BCUT2D eigenvalue weighted by Gasteiger charge is 2.34. The van der Waals surface area contributed by atoms with Crippen molar-refractivity contribution in [2.24, 2.45) is 16.8 Å². The summed E-state index contributed by atoms with van der Waals surface area (Å²) in [5.74, 6) is 1.66. The molecule has 0 aromatic heterocycles. The number of nitrogens with one attached hydrogen (secondary N) is 1. The van der Waals surface area contributed by atoms with Gasteiger partial charge in [-0.25, -0.2) is 0 Å². The Bertz CT molecular complexity index is 1020. The van der Waals surface area contributed by atoms with Crippen LogP contribution in [0.15, 0.2) is 70.7 Å². The van der Waals surface area contributed by atoms with Gasteiger partial charge in [0.25, 0.3) is 0 Å². The summed E-state index contributed by atoms with van der Waals surface area (Å²) in [7, 11) is 0. The van der Waals surface area contributed by atoms with Gasteiger partial charge in [-0.1, -0.05) is 90.9 Å². The molecule has 186 valence electrons. The Morgan fingerprint density at radius 3 is 2.49 bits per heavy atom. The molecule has 2 nitrogen and oxygen atoms in total. The molecule has 1 heterocycles. The van der Waals surface area contributed by atoms with Crippen molar-refractivity contribution >= 4 is 17.8 Å². The Morgan fingerprint density at radius 1 is 0.914 bits per heavy atom. The lowest BCUT2D eigenvalue weighted by molar-refractivity contribution is 0.251. The SMILES string of the molecule is CC1=C(Cc2cccc(Cl)c2)CCCC1C1N=CC(c2ccccc2)CC(C2CCCCCC2)N1. The van der Waals surface area contributed by atoms with E-state index < -0.39 is 0 Å². The Morgan fingerprint density at radius 2 is 1.71 bits per heavy atom. The first-order chi connectivity index (χ1) is 17.2. The van der Waals surface area contributed by atoms with Crippen LogP contribution in [0.5, 0.6) is 0 Å². The number of halogens is 1. The first-order valence-corrected chi connectivity index (χ1v) is 14.3. The first kappa shape index (κ1) is 24.8. The molecule has 5 rings (SSSR count). The van der Waals surface area contributed by atoms with Crippen LogP contribution in [-0.4, -0.2) is 18.4 Å². The molecule has 1 aliphatic heterocycles. The van der Waals surface area contributed by atoms with Crippen LogP contribution in [0.2, 0.25) is 5.02 Å². The van der Waals surface area contributed by atoms with E-state index in [0.29, 0.717) is 17.9 Å². The molecule has 0 radical (unpaired) electrons. The summed E-state index contributed by atoms with van der Waals surface area (Å²) in [6, 6.07) is 20.0. The molecule has 0 amide bonds. The fourth-order valence-electron chi connectivity index (χ4n) is 6.77. The lowest BCUT2D eigenvalue weighted by Crippen LogP contribution is -2.45. The van der Waals surface area contributed by atoms with Crippen molar-refractivity contribution in [2.75, 3.05) is 0 Å². The average molecular weight is 489 g/mol. The van der Waals surface area contributed by atoms with E-state index in [0.717, 1.165) is 17.4 Å². The molecule has 1 saturated carbocycles. The summed E-state index contributed by atoms with van der Waals surface area (Å²) >= 11 is 6.29. The molecule has 35 heavy (non-hydrogen) atoms. The van der Waals surface area contributed by atoms with Gasteiger partial charge in [0.15, 0.2) is 0 Å². The van der Waals surface area contributed by atoms with Gasteiger partial charge in [-0.3, -0.25) is 10.3 Å². The molecule has 1 fully saturated rings. The van der Waals surface area contributed by atoms with Crippen LogP contribution < -0.4 is 5.32 Å². The molecular formula is C32H41ClN2. The second kappa shape index (κ2) is 11.9. The van der Waals surface area contributed by atoms with Gasteiger partial charge < -0.3 is 0 Å². The molecule has 2 aliphatic carbocycles. The average Bonchev–Trinajstić information content (AvgIpc) is 3.28. The second-order valence-electron chi connectivity index (χ2n) is 11.1. The lowest BCUT2D eigenvalue weighted by atomic mass is 9.79. The first-order valence-electron chi connectivity index (χ1n) is 13.9. The second-order valence-corrected chi connectivity index (χ2v) is 11.5. The van der Waals surface area contributed by atoms with Crippen molar-refractivity contribution in [2.45, 2.75) is 95.7 Å². The van der Waals surface area contributed by atoms with E-state index in [9.17, 15) is 0 Å². The number of hydrogen-bond donors (Lipinski definition) is 1. The summed E-state index contributed by atoms with van der Waals surface area (Å²) < 4.78 is 0. The van der Waals surface area contributed by atoms with Gasteiger partial charge in [-0.2, -0.15) is 0 Å². The molecule has 1 N–H and O–H groups in total. The van der Waals surface area contributed by atoms with Gasteiger partial charge in [-0.15, -0.1) is 0 Å². The fraction of sp³-hybridized carbons (Fsp3) is 0.531. The van der Waals surface area contributed by atoms with Gasteiger partial charge in [0.05, 0.1) is 0 Å². The zero-order valence-corrected chi connectivity index (χ0v) is 22.0. The molecule has 4 atom stereocenters. The minimum atomic E-state index is 0.187. The quantitative estimate of drug-likeness (QED) is 0.331. The van der Waals surface area contributed by atoms with Crippen LogP contribution in [0.25, 0.3) is 0 Å². The van der Waals surface area contributed by atoms with Crippen LogP contribution in [0.1, 0.15) is 88.2 Å². The maximum Gasteiger partial charge on any atom is 0.106 e. The smallest absolute Gasteiger partial charge is 0.106 e. The largest absolute Gasteiger partial charge is 0.292 e. The van der Waals surface area contributed by atoms with Crippen molar-refractivity contribution in [3.8, 4) is 0 Å². The Balaban J connectivity index is 1.41. The third-order valence-electron chi connectivity index (χ3n) is 8.81. The monoisotopic (exact) mass is 488 g/mol. The summed E-state index contributed by atoms with van der Waals surface area (Å²) in [6.07, 6.45) is 16.7. The minimum Gasteiger partial charge on any atom is -0.292 e. The van der Waals surface area contributed by atoms with Crippen molar-refractivity contribution < 1.29 is 0 Å². The number of benzene rings is 2. The zero-order chi connectivity index (χ0) is 24.0. The Hall–Kier alpha value is -1.90. The number of rotatable bonds is 5. The highest BCUT2D eigenvalue weighted by Crippen LogP contribution is 2.38. The van der Waals surface area contributed by atoms with Crippen LogP contribution in [0, 0.1) is 11.8 Å². The standard InChI is InChI=1S/C32H41ClN2/c1-23-27(19-24-11-9-17-29(33)20-24)16-10-18-30(23)32-34-22-28(25-12-7-4-8-13-25)21-31(35-32)26-14-5-2-3-6-15-26/h4,7-9,11-13,17,20,22,26,28,30-32,35H,2-3,5-6,10,14-16,18-19,21H2,1H3. The molecule has 2 aromatic rings. The van der Waals surface area contributed by atoms with E-state index in [2.05, 4.69) is 67.0 Å². The topological polar surface area (TPSA) is 24.4 Å². The maximum atomic E-state index is 6.29. The van der Waals surface area contributed by atoms with Crippen molar-refractivity contribution in [1.29, 1.82) is 0 Å². The summed E-state index contributed by atoms with van der Waals surface area (Å²) in [4.78, 5) is 5.29. The van der Waals surface area contributed by atoms with E-state index in [1.165, 1.54) is 75.3 Å². The van der Waals surface area contributed by atoms with Crippen LogP contribution in [-0.2, 0) is 6.42 Å². The number of hydrogen-bond acceptors (Lipinski definition) is 2. The highest BCUT2D eigenvalue weighted by molar-refractivity contribution is 6.30. The summed E-state index contributed by atoms with van der Waals surface area (Å²) in [6.45, 7) is 2.38. The van der Waals surface area contributed by atoms with Gasteiger partial charge in [0.1, 0.15) is 6.17 Å². The van der Waals surface area contributed by atoms with E-state index in [1.807, 2.05) is 6.07 Å². The molecule has 3 heteroatoms. The van der Waals surface area contributed by atoms with E-state index in [4.69, 9.17) is 16.6 Å². The predicted molar refractivity (Wildman–Crippen MR) is 149 cm³/mol. The highest BCUT2D eigenvalue weighted by atomic mass is 35.5. The Kier molecular flexibility index (Phi) is 8.42. The predicted octanol–water partition coefficient (Wildman–Crippen LogP) is 8.51. The molecule has 3 aliphatic rings. The molecular weight excluding hydrogens is 448 g/mol. The minimum absolute atomic E-state index is 0.187. The third kappa shape index (κ3) is 6.27. The van der Waals surface area contributed by atoms with Gasteiger partial charge >= 0.3 is 0 Å². The molecule has 0 bridgehead atoms.